The van der Waals surface area contributed by atoms with Crippen LogP contribution in [0.5, 0.6) is 0 Å². The molecule has 5 nitrogen and oxygen atoms in total. The van der Waals surface area contributed by atoms with Crippen molar-refractivity contribution in [2.75, 3.05) is 19.8 Å². The molecule has 412 valence electrons. The fourth-order valence-electron chi connectivity index (χ4n) is 9.42. The maximum atomic E-state index is 12.9. The van der Waals surface area contributed by atoms with Gasteiger partial charge in [0.15, 0.2) is 6.10 Å². The molecule has 0 fully saturated rings. The van der Waals surface area contributed by atoms with E-state index in [1.807, 2.05) is 0 Å². The average molecular weight is 984 g/mol. The molecule has 0 aliphatic carbocycles. The maximum Gasteiger partial charge on any atom is 0.306 e. The first-order valence-corrected chi connectivity index (χ1v) is 31.5. The highest BCUT2D eigenvalue weighted by atomic mass is 16.6. The van der Waals surface area contributed by atoms with Crippen molar-refractivity contribution >= 4 is 11.9 Å². The first kappa shape index (κ1) is 68.1. The Morgan fingerprint density at radius 1 is 0.314 bits per heavy atom. The standard InChI is InChI=1S/C65H122O5/c1-4-7-10-13-16-19-22-25-28-31-32-33-36-39-42-45-48-51-54-57-60-68-61-63(70-65(67)59-56-53-50-47-44-41-38-35-30-27-24-21-18-15-12-9-6-3)62-69-64(66)58-55-52-49-46-43-40-37-34-29-26-23-20-17-14-11-8-5-2/h17,20,26-27,29-30,63H,4-16,18-19,21-25,28,31-62H2,1-3H3/b20-17-,29-26-,30-27-. The Morgan fingerprint density at radius 3 is 0.986 bits per heavy atom. The summed E-state index contributed by atoms with van der Waals surface area (Å²) < 4.78 is 17.5. The fourth-order valence-corrected chi connectivity index (χ4v) is 9.42. The number of esters is 2. The zero-order chi connectivity index (χ0) is 50.6. The third-order valence-corrected chi connectivity index (χ3v) is 14.1. The highest BCUT2D eigenvalue weighted by molar-refractivity contribution is 5.70. The normalized spacial score (nSPS) is 12.3. The quantitative estimate of drug-likeness (QED) is 0.0345. The topological polar surface area (TPSA) is 61.8 Å². The van der Waals surface area contributed by atoms with Crippen molar-refractivity contribution in [1.82, 2.24) is 0 Å². The number of carbonyl (C=O) groups is 2. The van der Waals surface area contributed by atoms with E-state index < -0.39 is 6.10 Å². The molecule has 1 atom stereocenters. The first-order valence-electron chi connectivity index (χ1n) is 31.5. The second-order valence-electron chi connectivity index (χ2n) is 21.3. The van der Waals surface area contributed by atoms with E-state index >= 15 is 0 Å². The molecular formula is C65H122O5. The van der Waals surface area contributed by atoms with Gasteiger partial charge in [0, 0.05) is 19.4 Å². The van der Waals surface area contributed by atoms with E-state index in [1.165, 1.54) is 263 Å². The minimum atomic E-state index is -0.539. The van der Waals surface area contributed by atoms with Crippen LogP contribution < -0.4 is 0 Å². The Bertz CT molecular complexity index is 1110. The number of allylic oxidation sites excluding steroid dienone is 6. The molecule has 0 saturated carbocycles. The largest absolute Gasteiger partial charge is 0.462 e. The third-order valence-electron chi connectivity index (χ3n) is 14.1. The van der Waals surface area contributed by atoms with E-state index in [-0.39, 0.29) is 18.5 Å². The van der Waals surface area contributed by atoms with Gasteiger partial charge in [-0.05, 0) is 77.0 Å². The molecule has 0 N–H and O–H groups in total. The molecule has 0 aliphatic rings. The van der Waals surface area contributed by atoms with Crippen LogP contribution in [0, 0.1) is 0 Å². The minimum absolute atomic E-state index is 0.0851. The molecule has 0 saturated heterocycles. The summed E-state index contributed by atoms with van der Waals surface area (Å²) in [6.45, 7) is 7.86. The zero-order valence-corrected chi connectivity index (χ0v) is 47.6. The second kappa shape index (κ2) is 61.4. The van der Waals surface area contributed by atoms with E-state index in [4.69, 9.17) is 14.2 Å². The summed E-state index contributed by atoms with van der Waals surface area (Å²) in [5.41, 5.74) is 0. The van der Waals surface area contributed by atoms with Gasteiger partial charge in [0.1, 0.15) is 6.61 Å². The predicted octanol–water partition coefficient (Wildman–Crippen LogP) is 21.7. The molecule has 1 unspecified atom stereocenters. The fraction of sp³-hybridized carbons (Fsp3) is 0.877. The van der Waals surface area contributed by atoms with Crippen molar-refractivity contribution in [3.8, 4) is 0 Å². The monoisotopic (exact) mass is 983 g/mol. The maximum absolute atomic E-state index is 12.9. The van der Waals surface area contributed by atoms with E-state index in [0.29, 0.717) is 26.1 Å². The van der Waals surface area contributed by atoms with Crippen LogP contribution in [0.25, 0.3) is 0 Å². The molecule has 0 spiro atoms. The van der Waals surface area contributed by atoms with Crippen LogP contribution in [-0.4, -0.2) is 37.9 Å². The van der Waals surface area contributed by atoms with Gasteiger partial charge >= 0.3 is 11.9 Å². The molecule has 0 rings (SSSR count). The summed E-state index contributed by atoms with van der Waals surface area (Å²) in [5, 5.41) is 0. The van der Waals surface area contributed by atoms with Gasteiger partial charge in [-0.25, -0.2) is 0 Å². The van der Waals surface area contributed by atoms with Crippen molar-refractivity contribution in [3.63, 3.8) is 0 Å². The van der Waals surface area contributed by atoms with Gasteiger partial charge in [0.25, 0.3) is 0 Å². The molecule has 0 aromatic carbocycles. The SMILES string of the molecule is CCCCC/C=C\C/C=C\CCCCCCCCCC(=O)OCC(COCCCCCCCCCCCCCCCCCCCCCC)OC(=O)CCCCCCCCC/C=C\CCCCCCCC. The minimum Gasteiger partial charge on any atom is -0.462 e. The van der Waals surface area contributed by atoms with Gasteiger partial charge in [-0.15, -0.1) is 0 Å². The van der Waals surface area contributed by atoms with Crippen LogP contribution in [0.4, 0.5) is 0 Å². The molecule has 5 heteroatoms. The number of hydrogen-bond donors (Lipinski definition) is 0. The Labute approximate surface area is 438 Å². The number of rotatable bonds is 59. The second-order valence-corrected chi connectivity index (χ2v) is 21.3. The van der Waals surface area contributed by atoms with Crippen LogP contribution in [0.2, 0.25) is 0 Å². The smallest absolute Gasteiger partial charge is 0.306 e. The lowest BCUT2D eigenvalue weighted by molar-refractivity contribution is -0.163. The Balaban J connectivity index is 4.24. The Kier molecular flexibility index (Phi) is 59.8. The van der Waals surface area contributed by atoms with Crippen molar-refractivity contribution < 1.29 is 23.8 Å². The third kappa shape index (κ3) is 58.7. The molecule has 70 heavy (non-hydrogen) atoms. The number of hydrogen-bond acceptors (Lipinski definition) is 5. The zero-order valence-electron chi connectivity index (χ0n) is 47.6. The van der Waals surface area contributed by atoms with Crippen molar-refractivity contribution in [2.45, 2.75) is 348 Å². The van der Waals surface area contributed by atoms with Crippen LogP contribution in [-0.2, 0) is 23.8 Å². The lowest BCUT2D eigenvalue weighted by atomic mass is 10.0. The molecule has 0 aromatic rings. The van der Waals surface area contributed by atoms with E-state index in [2.05, 4.69) is 57.2 Å². The number of ether oxygens (including phenoxy) is 3. The summed E-state index contributed by atoms with van der Waals surface area (Å²) in [6, 6.07) is 0. The number of carbonyl (C=O) groups excluding carboxylic acids is 2. The summed E-state index contributed by atoms with van der Waals surface area (Å²) in [5.74, 6) is -0.389. The summed E-state index contributed by atoms with van der Waals surface area (Å²) in [7, 11) is 0. The van der Waals surface area contributed by atoms with Crippen LogP contribution in [0.1, 0.15) is 342 Å². The van der Waals surface area contributed by atoms with Gasteiger partial charge in [-0.2, -0.15) is 0 Å². The van der Waals surface area contributed by atoms with Gasteiger partial charge in [-0.1, -0.05) is 288 Å². The summed E-state index contributed by atoms with van der Waals surface area (Å²) >= 11 is 0. The van der Waals surface area contributed by atoms with Gasteiger partial charge in [0.05, 0.1) is 6.61 Å². The lowest BCUT2D eigenvalue weighted by Gasteiger charge is -2.18. The molecule has 0 aliphatic heterocycles. The Hall–Kier alpha value is -1.88. The van der Waals surface area contributed by atoms with Crippen LogP contribution in [0.3, 0.4) is 0 Å². The van der Waals surface area contributed by atoms with Gasteiger partial charge in [0.2, 0.25) is 0 Å². The van der Waals surface area contributed by atoms with Crippen molar-refractivity contribution in [2.24, 2.45) is 0 Å². The van der Waals surface area contributed by atoms with Crippen LogP contribution in [0.15, 0.2) is 36.5 Å². The Morgan fingerprint density at radius 2 is 0.600 bits per heavy atom. The molecule has 0 radical (unpaired) electrons. The lowest BCUT2D eigenvalue weighted by Crippen LogP contribution is -2.30. The van der Waals surface area contributed by atoms with Crippen molar-refractivity contribution in [3.05, 3.63) is 36.5 Å². The predicted molar refractivity (Wildman–Crippen MR) is 307 cm³/mol. The van der Waals surface area contributed by atoms with Gasteiger partial charge < -0.3 is 14.2 Å². The van der Waals surface area contributed by atoms with E-state index in [0.717, 1.165) is 44.9 Å². The highest BCUT2D eigenvalue weighted by Crippen LogP contribution is 2.17. The highest BCUT2D eigenvalue weighted by Gasteiger charge is 2.18. The molecular weight excluding hydrogens is 861 g/mol. The van der Waals surface area contributed by atoms with E-state index in [9.17, 15) is 9.59 Å². The molecule has 0 bridgehead atoms. The molecule has 0 amide bonds. The van der Waals surface area contributed by atoms with E-state index in [1.54, 1.807) is 0 Å². The first-order chi connectivity index (χ1) is 34.6. The summed E-state index contributed by atoms with van der Waals surface area (Å²) in [4.78, 5) is 25.6. The number of unbranched alkanes of at least 4 members (excludes halogenated alkanes) is 42. The summed E-state index contributed by atoms with van der Waals surface area (Å²) in [6.07, 6.45) is 76.1. The average Bonchev–Trinajstić information content (AvgIpc) is 3.36. The van der Waals surface area contributed by atoms with Gasteiger partial charge in [-0.3, -0.25) is 9.59 Å². The van der Waals surface area contributed by atoms with Crippen molar-refractivity contribution in [1.29, 1.82) is 0 Å². The molecule has 0 aromatic heterocycles. The van der Waals surface area contributed by atoms with Crippen LogP contribution >= 0.6 is 0 Å². The molecule has 0 heterocycles.